The fraction of sp³-hybridized carbons (Fsp3) is 0.310. The Hall–Kier alpha value is -4.00. The van der Waals surface area contributed by atoms with Crippen molar-refractivity contribution in [2.24, 2.45) is 0 Å². The number of nitrogens with one attached hydrogen (secondary N) is 1. The zero-order valence-corrected chi connectivity index (χ0v) is 20.7. The molecule has 4 rings (SSSR count). The summed E-state index contributed by atoms with van der Waals surface area (Å²) in [5.74, 6) is 2.11. The van der Waals surface area contributed by atoms with Gasteiger partial charge in [0.2, 0.25) is 0 Å². The fourth-order valence-corrected chi connectivity index (χ4v) is 4.65. The normalized spacial score (nSPS) is 19.1. The Morgan fingerprint density at radius 1 is 0.833 bits per heavy atom. The lowest BCUT2D eigenvalue weighted by Crippen LogP contribution is -2.44. The molecular formula is C29H31NO6. The smallest absolute Gasteiger partial charge is 0.302 e. The Morgan fingerprint density at radius 2 is 1.53 bits per heavy atom. The maximum atomic E-state index is 13.2. The molecule has 0 saturated heterocycles. The van der Waals surface area contributed by atoms with Gasteiger partial charge in [-0.2, -0.15) is 0 Å². The van der Waals surface area contributed by atoms with Gasteiger partial charge in [0.1, 0.15) is 17.6 Å². The first kappa shape index (κ1) is 25.1. The highest BCUT2D eigenvalue weighted by atomic mass is 16.5. The number of carbonyl (C=O) groups is 2. The van der Waals surface area contributed by atoms with Crippen LogP contribution >= 0.6 is 0 Å². The largest absolute Gasteiger partial charge is 0.493 e. The Kier molecular flexibility index (Phi) is 8.10. The third-order valence-electron chi connectivity index (χ3n) is 6.38. The third kappa shape index (κ3) is 6.16. The lowest BCUT2D eigenvalue weighted by Gasteiger charge is -2.36. The van der Waals surface area contributed by atoms with Gasteiger partial charge in [0, 0.05) is 24.4 Å². The number of ether oxygens (including phenoxy) is 4. The third-order valence-corrected chi connectivity index (χ3v) is 6.38. The molecule has 188 valence electrons. The number of hydrogen-bond donors (Lipinski definition) is 1. The van der Waals surface area contributed by atoms with Gasteiger partial charge < -0.3 is 24.3 Å². The number of methoxy groups -OCH3 is 2. The Labute approximate surface area is 211 Å². The van der Waals surface area contributed by atoms with Crippen molar-refractivity contribution in [2.75, 3.05) is 14.2 Å². The monoisotopic (exact) mass is 489 g/mol. The van der Waals surface area contributed by atoms with Gasteiger partial charge in [-0.1, -0.05) is 24.3 Å². The summed E-state index contributed by atoms with van der Waals surface area (Å²) < 4.78 is 22.2. The van der Waals surface area contributed by atoms with Crippen LogP contribution in [0.15, 0.2) is 72.8 Å². The molecule has 1 fully saturated rings. The van der Waals surface area contributed by atoms with E-state index < -0.39 is 0 Å². The van der Waals surface area contributed by atoms with Crippen molar-refractivity contribution in [3.8, 4) is 23.0 Å². The molecule has 0 radical (unpaired) electrons. The van der Waals surface area contributed by atoms with E-state index in [4.69, 9.17) is 18.9 Å². The molecule has 0 aromatic heterocycles. The van der Waals surface area contributed by atoms with Crippen molar-refractivity contribution in [1.82, 2.24) is 5.32 Å². The van der Waals surface area contributed by atoms with Crippen LogP contribution in [0.3, 0.4) is 0 Å². The van der Waals surface area contributed by atoms with Gasteiger partial charge in [0.15, 0.2) is 11.5 Å². The maximum Gasteiger partial charge on any atom is 0.302 e. The van der Waals surface area contributed by atoms with Crippen molar-refractivity contribution in [3.63, 3.8) is 0 Å². The highest BCUT2D eigenvalue weighted by Gasteiger charge is 2.34. The minimum atomic E-state index is -0.300. The first-order chi connectivity index (χ1) is 17.5. The summed E-state index contributed by atoms with van der Waals surface area (Å²) in [7, 11) is 3.18. The van der Waals surface area contributed by atoms with Crippen LogP contribution in [0.5, 0.6) is 23.0 Å². The van der Waals surface area contributed by atoms with Crippen molar-refractivity contribution >= 4 is 11.9 Å². The lowest BCUT2D eigenvalue weighted by molar-refractivity contribution is -0.148. The van der Waals surface area contributed by atoms with Gasteiger partial charge in [0.05, 0.1) is 14.2 Å². The molecule has 1 aliphatic rings. The second kappa shape index (κ2) is 11.6. The quantitative estimate of drug-likeness (QED) is 0.421. The van der Waals surface area contributed by atoms with E-state index in [0.29, 0.717) is 42.1 Å². The first-order valence-electron chi connectivity index (χ1n) is 12.0. The van der Waals surface area contributed by atoms with Crippen LogP contribution < -0.4 is 19.5 Å². The molecule has 3 atom stereocenters. The summed E-state index contributed by atoms with van der Waals surface area (Å²) in [5, 5.41) is 3.20. The summed E-state index contributed by atoms with van der Waals surface area (Å²) >= 11 is 0. The molecule has 36 heavy (non-hydrogen) atoms. The van der Waals surface area contributed by atoms with Gasteiger partial charge in [-0.05, 0) is 73.4 Å². The average molecular weight is 490 g/mol. The van der Waals surface area contributed by atoms with Crippen LogP contribution in [0.25, 0.3) is 0 Å². The molecule has 0 aliphatic heterocycles. The SMILES string of the molecule is COc1ccc(C2CC(OC(C)=O)CCC2NC(=O)c2ccc(Oc3ccccc3)cc2)cc1OC. The average Bonchev–Trinajstić information content (AvgIpc) is 2.89. The predicted molar refractivity (Wildman–Crippen MR) is 136 cm³/mol. The topological polar surface area (TPSA) is 83.1 Å². The van der Waals surface area contributed by atoms with Crippen molar-refractivity contribution < 1.29 is 28.5 Å². The van der Waals surface area contributed by atoms with Gasteiger partial charge in [-0.3, -0.25) is 9.59 Å². The summed E-state index contributed by atoms with van der Waals surface area (Å²) in [4.78, 5) is 24.7. The standard InChI is InChI=1S/C29H31NO6/c1-19(31)35-24-14-15-26(25(18-24)21-11-16-27(33-2)28(17-21)34-3)30-29(32)20-9-12-23(13-10-20)36-22-7-5-4-6-8-22/h4-13,16-17,24-26H,14-15,18H2,1-3H3,(H,30,32). The summed E-state index contributed by atoms with van der Waals surface area (Å²) in [5.41, 5.74) is 1.53. The van der Waals surface area contributed by atoms with Crippen LogP contribution in [0, 0.1) is 0 Å². The van der Waals surface area contributed by atoms with Gasteiger partial charge in [-0.25, -0.2) is 0 Å². The van der Waals surface area contributed by atoms with E-state index in [1.165, 1.54) is 6.92 Å². The van der Waals surface area contributed by atoms with Crippen LogP contribution in [-0.2, 0) is 9.53 Å². The highest BCUT2D eigenvalue weighted by Crippen LogP contribution is 2.38. The number of carbonyl (C=O) groups excluding carboxylic acids is 2. The lowest BCUT2D eigenvalue weighted by atomic mass is 9.78. The zero-order valence-electron chi connectivity index (χ0n) is 20.7. The second-order valence-electron chi connectivity index (χ2n) is 8.78. The zero-order chi connectivity index (χ0) is 25.5. The van der Waals surface area contributed by atoms with E-state index in [9.17, 15) is 9.59 Å². The van der Waals surface area contributed by atoms with Crippen LogP contribution in [0.2, 0.25) is 0 Å². The van der Waals surface area contributed by atoms with Crippen LogP contribution in [0.4, 0.5) is 0 Å². The predicted octanol–water partition coefficient (Wildman–Crippen LogP) is 5.49. The van der Waals surface area contributed by atoms with E-state index >= 15 is 0 Å². The maximum absolute atomic E-state index is 13.2. The van der Waals surface area contributed by atoms with E-state index in [2.05, 4.69) is 5.32 Å². The molecule has 3 aromatic rings. The fourth-order valence-electron chi connectivity index (χ4n) is 4.65. The van der Waals surface area contributed by atoms with Crippen LogP contribution in [-0.4, -0.2) is 38.2 Å². The molecule has 0 spiro atoms. The summed E-state index contributed by atoms with van der Waals surface area (Å²) in [6.07, 6.45) is 1.75. The molecule has 7 nitrogen and oxygen atoms in total. The highest BCUT2D eigenvalue weighted by molar-refractivity contribution is 5.94. The molecule has 3 unspecified atom stereocenters. The minimum absolute atomic E-state index is 0.0625. The summed E-state index contributed by atoms with van der Waals surface area (Å²) in [6.45, 7) is 1.42. The first-order valence-corrected chi connectivity index (χ1v) is 12.0. The number of esters is 1. The molecule has 7 heteroatoms. The molecule has 3 aromatic carbocycles. The van der Waals surface area contributed by atoms with Crippen molar-refractivity contribution in [2.45, 2.75) is 44.2 Å². The van der Waals surface area contributed by atoms with Crippen molar-refractivity contribution in [3.05, 3.63) is 83.9 Å². The molecule has 1 saturated carbocycles. The van der Waals surface area contributed by atoms with Gasteiger partial charge in [-0.15, -0.1) is 0 Å². The van der Waals surface area contributed by atoms with Gasteiger partial charge in [0.25, 0.3) is 5.91 Å². The molecule has 0 heterocycles. The summed E-state index contributed by atoms with van der Waals surface area (Å²) in [6, 6.07) is 22.2. The van der Waals surface area contributed by atoms with E-state index in [-0.39, 0.29) is 29.9 Å². The van der Waals surface area contributed by atoms with Crippen LogP contribution in [0.1, 0.15) is 48.0 Å². The number of para-hydroxylation sites is 1. The molecule has 1 amide bonds. The minimum Gasteiger partial charge on any atom is -0.493 e. The van der Waals surface area contributed by atoms with E-state index in [1.54, 1.807) is 38.5 Å². The Morgan fingerprint density at radius 3 is 2.19 bits per heavy atom. The number of rotatable bonds is 8. The van der Waals surface area contributed by atoms with E-state index in [1.807, 2.05) is 48.5 Å². The van der Waals surface area contributed by atoms with Crippen molar-refractivity contribution in [1.29, 1.82) is 0 Å². The molecule has 1 N–H and O–H groups in total. The number of hydrogen-bond acceptors (Lipinski definition) is 6. The molecule has 1 aliphatic carbocycles. The van der Waals surface area contributed by atoms with E-state index in [0.717, 1.165) is 11.3 Å². The van der Waals surface area contributed by atoms with Gasteiger partial charge >= 0.3 is 5.97 Å². The second-order valence-corrected chi connectivity index (χ2v) is 8.78. The number of benzene rings is 3. The Bertz CT molecular complexity index is 1180. The molecule has 0 bridgehead atoms. The number of amides is 1. The molecular weight excluding hydrogens is 458 g/mol. The Balaban J connectivity index is 1.50.